The molecule has 3 nitrogen and oxygen atoms in total. The van der Waals surface area contributed by atoms with Crippen LogP contribution in [0.2, 0.25) is 10.0 Å². The Morgan fingerprint density at radius 3 is 2.53 bits per heavy atom. The number of aromatic amines is 1. The average Bonchev–Trinajstić information content (AvgIpc) is 2.53. The Morgan fingerprint density at radius 2 is 2.00 bits per heavy atom. The van der Waals surface area contributed by atoms with Crippen LogP contribution in [-0.4, -0.2) is 10.2 Å². The van der Waals surface area contributed by atoms with E-state index >= 15 is 0 Å². The van der Waals surface area contributed by atoms with Crippen LogP contribution in [0.3, 0.4) is 0 Å². The maximum Gasteiger partial charge on any atom is 0.159 e. The smallest absolute Gasteiger partial charge is 0.159 e. The monoisotopic (exact) mass is 353 g/mol. The highest BCUT2D eigenvalue weighted by Gasteiger charge is 2.10. The largest absolute Gasteiger partial charge is 0.381 e. The standard InChI is InChI=1S/C9H6Cl2IN3/c10-5-2-1-4(3-6(5)11)8-7(12)9(13)15-14-8/h1-3H,(H3,13,14,15). The molecule has 3 N–H and O–H groups in total. The van der Waals surface area contributed by atoms with Crippen LogP contribution < -0.4 is 5.73 Å². The van der Waals surface area contributed by atoms with Crippen molar-refractivity contribution < 1.29 is 0 Å². The first-order valence-corrected chi connectivity index (χ1v) is 5.88. The van der Waals surface area contributed by atoms with Gasteiger partial charge in [-0.2, -0.15) is 5.10 Å². The highest BCUT2D eigenvalue weighted by Crippen LogP contribution is 2.31. The van der Waals surface area contributed by atoms with Crippen molar-refractivity contribution in [1.29, 1.82) is 0 Å². The van der Waals surface area contributed by atoms with Crippen LogP contribution in [0.15, 0.2) is 18.2 Å². The number of H-pyrrole nitrogens is 1. The zero-order chi connectivity index (χ0) is 11.0. The molecular formula is C9H6Cl2IN3. The second kappa shape index (κ2) is 4.19. The molecule has 78 valence electrons. The van der Waals surface area contributed by atoms with Crippen LogP contribution in [0.4, 0.5) is 5.82 Å². The van der Waals surface area contributed by atoms with Crippen LogP contribution in [0.25, 0.3) is 11.3 Å². The molecule has 2 aromatic rings. The summed E-state index contributed by atoms with van der Waals surface area (Å²) < 4.78 is 0.881. The minimum absolute atomic E-state index is 0.483. The maximum absolute atomic E-state index is 5.92. The lowest BCUT2D eigenvalue weighted by Crippen LogP contribution is -1.86. The lowest BCUT2D eigenvalue weighted by molar-refractivity contribution is 1.10. The number of anilines is 1. The van der Waals surface area contributed by atoms with Crippen molar-refractivity contribution in [3.8, 4) is 11.3 Å². The van der Waals surface area contributed by atoms with Gasteiger partial charge in [0.15, 0.2) is 5.82 Å². The van der Waals surface area contributed by atoms with E-state index in [0.717, 1.165) is 14.8 Å². The highest BCUT2D eigenvalue weighted by atomic mass is 127. The van der Waals surface area contributed by atoms with Gasteiger partial charge in [0.05, 0.1) is 19.3 Å². The Hall–Kier alpha value is -0.460. The summed E-state index contributed by atoms with van der Waals surface area (Å²) in [5.41, 5.74) is 7.41. The summed E-state index contributed by atoms with van der Waals surface area (Å²) in [5, 5.41) is 7.81. The van der Waals surface area contributed by atoms with Gasteiger partial charge in [-0.1, -0.05) is 29.3 Å². The van der Waals surface area contributed by atoms with Gasteiger partial charge in [0.25, 0.3) is 0 Å². The normalized spacial score (nSPS) is 10.6. The first-order valence-electron chi connectivity index (χ1n) is 4.04. The minimum atomic E-state index is 0.483. The average molecular weight is 354 g/mol. The van der Waals surface area contributed by atoms with E-state index in [-0.39, 0.29) is 0 Å². The fraction of sp³-hybridized carbons (Fsp3) is 0. The van der Waals surface area contributed by atoms with Gasteiger partial charge < -0.3 is 5.73 Å². The molecule has 0 bridgehead atoms. The van der Waals surface area contributed by atoms with Gasteiger partial charge >= 0.3 is 0 Å². The topological polar surface area (TPSA) is 54.7 Å². The molecule has 0 aliphatic carbocycles. The van der Waals surface area contributed by atoms with Crippen LogP contribution >= 0.6 is 45.8 Å². The van der Waals surface area contributed by atoms with E-state index in [0.29, 0.717) is 15.9 Å². The van der Waals surface area contributed by atoms with Crippen molar-refractivity contribution >= 4 is 51.6 Å². The summed E-state index contributed by atoms with van der Waals surface area (Å²) in [7, 11) is 0. The second-order valence-corrected chi connectivity index (χ2v) is 4.82. The van der Waals surface area contributed by atoms with Crippen LogP contribution in [0.5, 0.6) is 0 Å². The highest BCUT2D eigenvalue weighted by molar-refractivity contribution is 14.1. The molecule has 0 amide bonds. The molecule has 0 spiro atoms. The third kappa shape index (κ3) is 2.07. The fourth-order valence-electron chi connectivity index (χ4n) is 1.19. The van der Waals surface area contributed by atoms with Crippen molar-refractivity contribution in [2.24, 2.45) is 0 Å². The van der Waals surface area contributed by atoms with Gasteiger partial charge in [-0.3, -0.25) is 5.10 Å². The number of nitrogen functional groups attached to an aromatic ring is 1. The summed E-state index contributed by atoms with van der Waals surface area (Å²) >= 11 is 13.9. The van der Waals surface area contributed by atoms with Crippen LogP contribution in [-0.2, 0) is 0 Å². The molecule has 0 aliphatic heterocycles. The van der Waals surface area contributed by atoms with Gasteiger partial charge in [0.1, 0.15) is 0 Å². The second-order valence-electron chi connectivity index (χ2n) is 2.93. The number of aromatic nitrogens is 2. The first-order chi connectivity index (χ1) is 7.09. The van der Waals surface area contributed by atoms with E-state index in [4.69, 9.17) is 28.9 Å². The lowest BCUT2D eigenvalue weighted by Gasteiger charge is -2.01. The Kier molecular flexibility index (Phi) is 3.08. The van der Waals surface area contributed by atoms with Crippen LogP contribution in [0.1, 0.15) is 0 Å². The third-order valence-electron chi connectivity index (χ3n) is 1.94. The molecule has 0 radical (unpaired) electrons. The number of hydrogen-bond donors (Lipinski definition) is 2. The van der Waals surface area contributed by atoms with Gasteiger partial charge in [0.2, 0.25) is 0 Å². The molecule has 2 rings (SSSR count). The van der Waals surface area contributed by atoms with Crippen molar-refractivity contribution in [2.75, 3.05) is 5.73 Å². The number of nitrogens with one attached hydrogen (secondary N) is 1. The number of nitrogens with two attached hydrogens (primary N) is 1. The van der Waals surface area contributed by atoms with Crippen molar-refractivity contribution in [1.82, 2.24) is 10.2 Å². The summed E-state index contributed by atoms with van der Waals surface area (Å²) in [6, 6.07) is 5.38. The molecule has 6 heteroatoms. The number of nitrogens with zero attached hydrogens (tertiary/aromatic N) is 1. The number of benzene rings is 1. The molecule has 0 atom stereocenters. The van der Waals surface area contributed by atoms with Gasteiger partial charge in [-0.15, -0.1) is 0 Å². The summed E-state index contributed by atoms with van der Waals surface area (Å²) in [6.45, 7) is 0. The predicted octanol–water partition coefficient (Wildman–Crippen LogP) is 3.57. The summed E-state index contributed by atoms with van der Waals surface area (Å²) in [6.07, 6.45) is 0. The maximum atomic E-state index is 5.92. The molecule has 0 aliphatic rings. The van der Waals surface area contributed by atoms with E-state index in [1.807, 2.05) is 6.07 Å². The molecule has 0 saturated carbocycles. The molecular weight excluding hydrogens is 348 g/mol. The van der Waals surface area contributed by atoms with Crippen molar-refractivity contribution in [3.05, 3.63) is 31.8 Å². The SMILES string of the molecule is Nc1n[nH]c(-c2ccc(Cl)c(Cl)c2)c1I. The molecule has 1 aromatic carbocycles. The van der Waals surface area contributed by atoms with Crippen LogP contribution in [0, 0.1) is 3.57 Å². The zero-order valence-corrected chi connectivity index (χ0v) is 11.1. The molecule has 1 aromatic heterocycles. The van der Waals surface area contributed by atoms with Gasteiger partial charge in [-0.05, 0) is 34.7 Å². The Bertz CT molecular complexity index is 510. The Morgan fingerprint density at radius 1 is 1.27 bits per heavy atom. The van der Waals surface area contributed by atoms with E-state index in [9.17, 15) is 0 Å². The third-order valence-corrected chi connectivity index (χ3v) is 3.77. The van der Waals surface area contributed by atoms with Gasteiger partial charge in [0, 0.05) is 5.56 Å². The first kappa shape index (κ1) is 11.0. The van der Waals surface area contributed by atoms with E-state index in [2.05, 4.69) is 32.8 Å². The van der Waals surface area contributed by atoms with E-state index < -0.39 is 0 Å². The number of rotatable bonds is 1. The minimum Gasteiger partial charge on any atom is -0.381 e. The number of hydrogen-bond acceptors (Lipinski definition) is 2. The van der Waals surface area contributed by atoms with Crippen molar-refractivity contribution in [3.63, 3.8) is 0 Å². The summed E-state index contributed by atoms with van der Waals surface area (Å²) in [4.78, 5) is 0. The summed E-state index contributed by atoms with van der Waals surface area (Å²) in [5.74, 6) is 0.483. The Labute approximate surface area is 110 Å². The lowest BCUT2D eigenvalue weighted by atomic mass is 10.1. The Balaban J connectivity index is 2.55. The van der Waals surface area contributed by atoms with Crippen molar-refractivity contribution in [2.45, 2.75) is 0 Å². The molecule has 0 unspecified atom stereocenters. The molecule has 15 heavy (non-hydrogen) atoms. The van der Waals surface area contributed by atoms with Gasteiger partial charge in [-0.25, -0.2) is 0 Å². The molecule has 1 heterocycles. The number of halogens is 3. The molecule has 0 saturated heterocycles. The zero-order valence-electron chi connectivity index (χ0n) is 7.39. The molecule has 0 fully saturated rings. The van der Waals surface area contributed by atoms with E-state index in [1.165, 1.54) is 0 Å². The fourth-order valence-corrected chi connectivity index (χ4v) is 2.04. The quantitative estimate of drug-likeness (QED) is 0.770. The van der Waals surface area contributed by atoms with E-state index in [1.54, 1.807) is 12.1 Å². The predicted molar refractivity (Wildman–Crippen MR) is 71.2 cm³/mol.